The van der Waals surface area contributed by atoms with Gasteiger partial charge in [0, 0.05) is 23.3 Å². The number of nitrogens with zero attached hydrogens (tertiary/aromatic N) is 3. The molecule has 2 aromatic heterocycles. The molecular formula is C21H17ClN4O2. The van der Waals surface area contributed by atoms with Gasteiger partial charge in [-0.05, 0) is 42.5 Å². The third kappa shape index (κ3) is 3.97. The lowest BCUT2D eigenvalue weighted by atomic mass is 10.2. The van der Waals surface area contributed by atoms with Crippen LogP contribution in [0.1, 0.15) is 5.69 Å². The van der Waals surface area contributed by atoms with Gasteiger partial charge in [-0.2, -0.15) is 0 Å². The average molecular weight is 393 g/mol. The molecule has 4 aromatic rings. The maximum absolute atomic E-state index is 6.38. The number of hydrogen-bond acceptors (Lipinski definition) is 6. The van der Waals surface area contributed by atoms with Crippen molar-refractivity contribution in [1.82, 2.24) is 15.0 Å². The van der Waals surface area contributed by atoms with Gasteiger partial charge in [-0.15, -0.1) is 0 Å². The molecule has 0 aliphatic rings. The summed E-state index contributed by atoms with van der Waals surface area (Å²) in [6.45, 7) is 0.353. The Morgan fingerprint density at radius 2 is 1.93 bits per heavy atom. The molecule has 28 heavy (non-hydrogen) atoms. The highest BCUT2D eigenvalue weighted by atomic mass is 35.5. The van der Waals surface area contributed by atoms with Gasteiger partial charge in [0.1, 0.15) is 30.3 Å². The van der Waals surface area contributed by atoms with E-state index in [1.807, 2.05) is 48.5 Å². The molecule has 0 aliphatic carbocycles. The maximum atomic E-state index is 6.38. The molecule has 4 rings (SSSR count). The van der Waals surface area contributed by atoms with Crippen molar-refractivity contribution in [3.05, 3.63) is 77.8 Å². The normalized spacial score (nSPS) is 10.6. The summed E-state index contributed by atoms with van der Waals surface area (Å²) in [5.74, 6) is 2.02. The van der Waals surface area contributed by atoms with Gasteiger partial charge in [0.2, 0.25) is 0 Å². The van der Waals surface area contributed by atoms with Crippen molar-refractivity contribution < 1.29 is 9.47 Å². The topological polar surface area (TPSA) is 69.2 Å². The van der Waals surface area contributed by atoms with E-state index in [-0.39, 0.29) is 0 Å². The van der Waals surface area contributed by atoms with Crippen LogP contribution in [0.15, 0.2) is 67.1 Å². The van der Waals surface area contributed by atoms with Gasteiger partial charge in [0.15, 0.2) is 0 Å². The van der Waals surface area contributed by atoms with Gasteiger partial charge in [-0.3, -0.25) is 4.98 Å². The summed E-state index contributed by atoms with van der Waals surface area (Å²) in [5, 5.41) is 4.67. The maximum Gasteiger partial charge on any atom is 0.141 e. The molecule has 0 saturated carbocycles. The Morgan fingerprint density at radius 1 is 1.00 bits per heavy atom. The molecular weight excluding hydrogens is 376 g/mol. The third-order valence-electron chi connectivity index (χ3n) is 4.14. The van der Waals surface area contributed by atoms with Gasteiger partial charge in [-0.25, -0.2) is 9.97 Å². The number of methoxy groups -OCH3 is 1. The van der Waals surface area contributed by atoms with Crippen molar-refractivity contribution >= 4 is 34.0 Å². The van der Waals surface area contributed by atoms with E-state index in [1.54, 1.807) is 19.4 Å². The fourth-order valence-electron chi connectivity index (χ4n) is 2.73. The van der Waals surface area contributed by atoms with Crippen LogP contribution in [-0.4, -0.2) is 22.1 Å². The Bertz CT molecular complexity index is 1110. The summed E-state index contributed by atoms with van der Waals surface area (Å²) < 4.78 is 11.0. The molecule has 0 spiro atoms. The zero-order valence-electron chi connectivity index (χ0n) is 15.1. The highest BCUT2D eigenvalue weighted by molar-refractivity contribution is 6.32. The molecule has 0 saturated heterocycles. The van der Waals surface area contributed by atoms with Crippen LogP contribution in [0, 0.1) is 0 Å². The van der Waals surface area contributed by atoms with Crippen LogP contribution >= 0.6 is 11.6 Å². The molecule has 0 amide bonds. The minimum Gasteiger partial charge on any atom is -0.497 e. The summed E-state index contributed by atoms with van der Waals surface area (Å²) in [6, 6.07) is 16.8. The molecule has 140 valence electrons. The Labute approximate surface area is 167 Å². The second-order valence-electron chi connectivity index (χ2n) is 5.99. The number of ether oxygens (including phenoxy) is 2. The van der Waals surface area contributed by atoms with Gasteiger partial charge in [0.05, 0.1) is 23.3 Å². The number of nitrogens with one attached hydrogen (secondary N) is 1. The smallest absolute Gasteiger partial charge is 0.141 e. The predicted molar refractivity (Wildman–Crippen MR) is 109 cm³/mol. The average Bonchev–Trinajstić information content (AvgIpc) is 2.74. The van der Waals surface area contributed by atoms with Gasteiger partial charge in [0.25, 0.3) is 0 Å². The van der Waals surface area contributed by atoms with Crippen LogP contribution < -0.4 is 14.8 Å². The summed E-state index contributed by atoms with van der Waals surface area (Å²) in [5.41, 5.74) is 2.42. The number of halogens is 1. The van der Waals surface area contributed by atoms with Gasteiger partial charge in [-0.1, -0.05) is 17.7 Å². The van der Waals surface area contributed by atoms with Crippen LogP contribution in [0.2, 0.25) is 5.02 Å². The zero-order valence-corrected chi connectivity index (χ0v) is 15.8. The molecule has 6 nitrogen and oxygen atoms in total. The van der Waals surface area contributed by atoms with E-state index in [0.717, 1.165) is 28.0 Å². The SMILES string of the molecule is COc1ccc2c(Nc3ccc(OCc4ccccn4)c(Cl)c3)ncnc2c1. The number of anilines is 2. The van der Waals surface area contributed by atoms with Crippen molar-refractivity contribution in [1.29, 1.82) is 0 Å². The molecule has 0 radical (unpaired) electrons. The van der Waals surface area contributed by atoms with E-state index in [0.29, 0.717) is 23.2 Å². The zero-order chi connectivity index (χ0) is 19.3. The first-order valence-corrected chi connectivity index (χ1v) is 8.99. The van der Waals surface area contributed by atoms with E-state index in [2.05, 4.69) is 20.3 Å². The first-order chi connectivity index (χ1) is 13.7. The minimum absolute atomic E-state index is 0.353. The van der Waals surface area contributed by atoms with E-state index < -0.39 is 0 Å². The van der Waals surface area contributed by atoms with E-state index in [1.165, 1.54) is 6.33 Å². The lowest BCUT2D eigenvalue weighted by Gasteiger charge is -2.12. The summed E-state index contributed by atoms with van der Waals surface area (Å²) >= 11 is 6.38. The molecule has 0 aliphatic heterocycles. The lowest BCUT2D eigenvalue weighted by Crippen LogP contribution is -1.99. The first kappa shape index (κ1) is 18.0. The second kappa shape index (κ2) is 8.10. The van der Waals surface area contributed by atoms with Crippen LogP contribution in [0.3, 0.4) is 0 Å². The largest absolute Gasteiger partial charge is 0.497 e. The lowest BCUT2D eigenvalue weighted by molar-refractivity contribution is 0.301. The molecule has 0 unspecified atom stereocenters. The highest BCUT2D eigenvalue weighted by Gasteiger charge is 2.08. The van der Waals surface area contributed by atoms with Crippen LogP contribution in [0.4, 0.5) is 11.5 Å². The van der Waals surface area contributed by atoms with Crippen molar-refractivity contribution in [2.24, 2.45) is 0 Å². The molecule has 2 aromatic carbocycles. The van der Waals surface area contributed by atoms with E-state index >= 15 is 0 Å². The fourth-order valence-corrected chi connectivity index (χ4v) is 2.97. The number of fused-ring (bicyclic) bond motifs is 1. The standard InChI is InChI=1S/C21H17ClN4O2/c1-27-16-6-7-17-19(11-16)24-13-25-21(17)26-14-5-8-20(18(22)10-14)28-12-15-4-2-3-9-23-15/h2-11,13H,12H2,1H3,(H,24,25,26). The summed E-state index contributed by atoms with van der Waals surface area (Å²) in [4.78, 5) is 12.9. The predicted octanol–water partition coefficient (Wildman–Crippen LogP) is 5.01. The Hall–Kier alpha value is -3.38. The molecule has 0 fully saturated rings. The number of pyridine rings is 1. The molecule has 7 heteroatoms. The van der Waals surface area contributed by atoms with E-state index in [4.69, 9.17) is 21.1 Å². The van der Waals surface area contributed by atoms with Crippen molar-refractivity contribution in [3.8, 4) is 11.5 Å². The Kier molecular flexibility index (Phi) is 5.21. The van der Waals surface area contributed by atoms with Crippen LogP contribution in [-0.2, 0) is 6.61 Å². The molecule has 0 bridgehead atoms. The third-order valence-corrected chi connectivity index (χ3v) is 4.44. The van der Waals surface area contributed by atoms with Gasteiger partial charge < -0.3 is 14.8 Å². The van der Waals surface area contributed by atoms with Crippen molar-refractivity contribution in [2.75, 3.05) is 12.4 Å². The van der Waals surface area contributed by atoms with Crippen LogP contribution in [0.5, 0.6) is 11.5 Å². The van der Waals surface area contributed by atoms with Crippen molar-refractivity contribution in [3.63, 3.8) is 0 Å². The van der Waals surface area contributed by atoms with Crippen molar-refractivity contribution in [2.45, 2.75) is 6.61 Å². The second-order valence-corrected chi connectivity index (χ2v) is 6.39. The monoisotopic (exact) mass is 392 g/mol. The Morgan fingerprint density at radius 3 is 2.71 bits per heavy atom. The summed E-state index contributed by atoms with van der Waals surface area (Å²) in [7, 11) is 1.63. The quantitative estimate of drug-likeness (QED) is 0.497. The van der Waals surface area contributed by atoms with Crippen LogP contribution in [0.25, 0.3) is 10.9 Å². The minimum atomic E-state index is 0.353. The highest BCUT2D eigenvalue weighted by Crippen LogP contribution is 2.31. The molecule has 2 heterocycles. The first-order valence-electron chi connectivity index (χ1n) is 8.61. The Balaban J connectivity index is 1.53. The summed E-state index contributed by atoms with van der Waals surface area (Å²) in [6.07, 6.45) is 3.24. The number of benzene rings is 2. The number of hydrogen-bond donors (Lipinski definition) is 1. The molecule has 0 atom stereocenters. The fraction of sp³-hybridized carbons (Fsp3) is 0.0952. The molecule has 1 N–H and O–H groups in total. The number of rotatable bonds is 6. The number of aromatic nitrogens is 3. The van der Waals surface area contributed by atoms with Gasteiger partial charge >= 0.3 is 0 Å². The van der Waals surface area contributed by atoms with E-state index in [9.17, 15) is 0 Å².